The van der Waals surface area contributed by atoms with E-state index in [1.165, 1.54) is 31.7 Å². The first-order valence-electron chi connectivity index (χ1n) is 7.02. The van der Waals surface area contributed by atoms with Gasteiger partial charge in [-0.15, -0.1) is 0 Å². The van der Waals surface area contributed by atoms with E-state index in [0.717, 1.165) is 18.9 Å². The summed E-state index contributed by atoms with van der Waals surface area (Å²) in [4.78, 5) is 14.7. The van der Waals surface area contributed by atoms with Crippen molar-refractivity contribution in [3.63, 3.8) is 0 Å². The second-order valence-corrected chi connectivity index (χ2v) is 5.27. The van der Waals surface area contributed by atoms with Gasteiger partial charge in [-0.05, 0) is 18.4 Å². The predicted molar refractivity (Wildman–Crippen MR) is 75.7 cm³/mol. The highest BCUT2D eigenvalue weighted by atomic mass is 16.6. The van der Waals surface area contributed by atoms with Crippen LogP contribution in [0.5, 0.6) is 0 Å². The summed E-state index contributed by atoms with van der Waals surface area (Å²) < 4.78 is 5.50. The van der Waals surface area contributed by atoms with Gasteiger partial charge < -0.3 is 9.73 Å². The summed E-state index contributed by atoms with van der Waals surface area (Å²) in [5.74, 6) is 0.793. The topological polar surface area (TPSA) is 81.2 Å². The highest BCUT2D eigenvalue weighted by Gasteiger charge is 2.18. The average Bonchev–Trinajstić information content (AvgIpc) is 3.06. The lowest BCUT2D eigenvalue weighted by atomic mass is 10.0. The van der Waals surface area contributed by atoms with E-state index < -0.39 is 4.92 Å². The van der Waals surface area contributed by atoms with Gasteiger partial charge in [-0.25, -0.2) is 0 Å². The lowest BCUT2D eigenvalue weighted by Crippen LogP contribution is -2.06. The number of oxazole rings is 1. The fourth-order valence-electron chi connectivity index (χ4n) is 2.84. The fourth-order valence-corrected chi connectivity index (χ4v) is 2.84. The van der Waals surface area contributed by atoms with E-state index in [9.17, 15) is 10.1 Å². The van der Waals surface area contributed by atoms with Gasteiger partial charge >= 0.3 is 0 Å². The normalized spacial score (nSPS) is 15.8. The van der Waals surface area contributed by atoms with Crippen LogP contribution in [0.2, 0.25) is 0 Å². The summed E-state index contributed by atoms with van der Waals surface area (Å²) in [5, 5.41) is 14.0. The van der Waals surface area contributed by atoms with E-state index in [1.54, 1.807) is 12.1 Å². The van der Waals surface area contributed by atoms with Crippen molar-refractivity contribution in [1.29, 1.82) is 0 Å². The molecule has 6 heteroatoms. The van der Waals surface area contributed by atoms with Gasteiger partial charge in [-0.3, -0.25) is 10.1 Å². The molecule has 1 aromatic carbocycles. The zero-order valence-electron chi connectivity index (χ0n) is 11.2. The minimum Gasteiger partial charge on any atom is -0.423 e. The molecule has 106 valence electrons. The molecule has 0 atom stereocenters. The van der Waals surface area contributed by atoms with Crippen LogP contribution in [0, 0.1) is 16.0 Å². The van der Waals surface area contributed by atoms with Crippen LogP contribution in [0.3, 0.4) is 0 Å². The summed E-state index contributed by atoms with van der Waals surface area (Å²) >= 11 is 0. The Morgan fingerprint density at radius 2 is 2.20 bits per heavy atom. The van der Waals surface area contributed by atoms with Gasteiger partial charge in [0.1, 0.15) is 0 Å². The summed E-state index contributed by atoms with van der Waals surface area (Å²) in [6.45, 7) is 0.797. The van der Waals surface area contributed by atoms with E-state index in [0.29, 0.717) is 17.1 Å². The number of benzene rings is 1. The molecule has 0 radical (unpaired) electrons. The zero-order valence-corrected chi connectivity index (χ0v) is 11.2. The van der Waals surface area contributed by atoms with Crippen LogP contribution >= 0.6 is 0 Å². The Labute approximate surface area is 116 Å². The molecule has 1 aliphatic rings. The molecule has 0 bridgehead atoms. The first kappa shape index (κ1) is 12.9. The van der Waals surface area contributed by atoms with Crippen LogP contribution in [0.15, 0.2) is 22.6 Å². The number of nitrogens with zero attached hydrogens (tertiary/aromatic N) is 2. The van der Waals surface area contributed by atoms with Gasteiger partial charge in [0.05, 0.1) is 4.92 Å². The van der Waals surface area contributed by atoms with Crippen LogP contribution in [-0.4, -0.2) is 16.5 Å². The number of nitrogens with one attached hydrogen (secondary N) is 1. The van der Waals surface area contributed by atoms with Crippen molar-refractivity contribution >= 4 is 22.8 Å². The molecular weight excluding hydrogens is 258 g/mol. The van der Waals surface area contributed by atoms with Crippen molar-refractivity contribution in [3.8, 4) is 0 Å². The fraction of sp³-hybridized carbons (Fsp3) is 0.500. The van der Waals surface area contributed by atoms with Crippen LogP contribution < -0.4 is 5.32 Å². The predicted octanol–water partition coefficient (Wildman–Crippen LogP) is 3.73. The smallest absolute Gasteiger partial charge is 0.298 e. The third-order valence-electron chi connectivity index (χ3n) is 3.90. The highest BCUT2D eigenvalue weighted by Crippen LogP contribution is 2.29. The minimum atomic E-state index is -0.437. The molecule has 1 aromatic heterocycles. The van der Waals surface area contributed by atoms with Crippen molar-refractivity contribution < 1.29 is 9.34 Å². The Morgan fingerprint density at radius 3 is 2.95 bits per heavy atom. The Kier molecular flexibility index (Phi) is 3.54. The highest BCUT2D eigenvalue weighted by molar-refractivity contribution is 5.83. The first-order chi connectivity index (χ1) is 9.74. The average molecular weight is 275 g/mol. The van der Waals surface area contributed by atoms with Gasteiger partial charge in [0, 0.05) is 12.6 Å². The number of rotatable bonds is 5. The van der Waals surface area contributed by atoms with Crippen molar-refractivity contribution in [1.82, 2.24) is 4.98 Å². The van der Waals surface area contributed by atoms with Gasteiger partial charge in [-0.2, -0.15) is 4.98 Å². The van der Waals surface area contributed by atoms with Crippen LogP contribution in [0.1, 0.15) is 32.1 Å². The second kappa shape index (κ2) is 5.48. The number of fused-ring (bicyclic) bond motifs is 1. The molecule has 2 aromatic rings. The number of anilines is 1. The quantitative estimate of drug-likeness (QED) is 0.664. The van der Waals surface area contributed by atoms with Crippen LogP contribution in [0.25, 0.3) is 11.1 Å². The summed E-state index contributed by atoms with van der Waals surface area (Å²) in [7, 11) is 0. The van der Waals surface area contributed by atoms with Gasteiger partial charge in [0.25, 0.3) is 11.7 Å². The van der Waals surface area contributed by atoms with Crippen molar-refractivity contribution in [2.24, 2.45) is 5.92 Å². The van der Waals surface area contributed by atoms with Crippen LogP contribution in [-0.2, 0) is 0 Å². The number of nitro benzene ring substituents is 1. The van der Waals surface area contributed by atoms with E-state index in [2.05, 4.69) is 10.3 Å². The maximum atomic E-state index is 10.9. The molecule has 0 saturated heterocycles. The summed E-state index contributed by atoms with van der Waals surface area (Å²) in [6, 6.07) is 5.10. The molecule has 6 nitrogen and oxygen atoms in total. The molecule has 1 fully saturated rings. The molecule has 0 unspecified atom stereocenters. The zero-order chi connectivity index (χ0) is 13.9. The van der Waals surface area contributed by atoms with Crippen molar-refractivity contribution in [3.05, 3.63) is 28.3 Å². The maximum absolute atomic E-state index is 10.9. The number of hydrogen-bond donors (Lipinski definition) is 1. The molecule has 1 N–H and O–H groups in total. The van der Waals surface area contributed by atoms with Crippen molar-refractivity contribution in [2.45, 2.75) is 32.1 Å². The Bertz CT molecular complexity index is 617. The molecule has 1 heterocycles. The summed E-state index contributed by atoms with van der Waals surface area (Å²) in [6.07, 6.45) is 6.38. The summed E-state index contributed by atoms with van der Waals surface area (Å²) in [5.41, 5.74) is 0.735. The van der Waals surface area contributed by atoms with Crippen LogP contribution in [0.4, 0.5) is 11.7 Å². The molecular formula is C14H17N3O3. The molecule has 0 aliphatic heterocycles. The Morgan fingerprint density at radius 1 is 1.40 bits per heavy atom. The number of hydrogen-bond acceptors (Lipinski definition) is 5. The largest absolute Gasteiger partial charge is 0.423 e. The van der Waals surface area contributed by atoms with E-state index >= 15 is 0 Å². The number of para-hydroxylation sites is 1. The van der Waals surface area contributed by atoms with Gasteiger partial charge in [0.15, 0.2) is 11.1 Å². The SMILES string of the molecule is O=[N+]([O-])c1cccc2oc(NCCC3CCCC3)nc12. The molecule has 3 rings (SSSR count). The lowest BCUT2D eigenvalue weighted by Gasteiger charge is -2.07. The monoisotopic (exact) mass is 275 g/mol. The molecule has 20 heavy (non-hydrogen) atoms. The molecule has 0 spiro atoms. The number of non-ortho nitro benzene ring substituents is 1. The number of nitro groups is 1. The maximum Gasteiger partial charge on any atom is 0.298 e. The minimum absolute atomic E-state index is 0.0184. The third kappa shape index (κ3) is 2.59. The molecule has 0 amide bonds. The van der Waals surface area contributed by atoms with Gasteiger partial charge in [0.2, 0.25) is 0 Å². The molecule has 1 saturated carbocycles. The van der Waals surface area contributed by atoms with Gasteiger partial charge in [-0.1, -0.05) is 31.7 Å². The lowest BCUT2D eigenvalue weighted by molar-refractivity contribution is -0.383. The number of aromatic nitrogens is 1. The van der Waals surface area contributed by atoms with Crippen molar-refractivity contribution in [2.75, 3.05) is 11.9 Å². The van der Waals surface area contributed by atoms with E-state index in [1.807, 2.05) is 0 Å². The van der Waals surface area contributed by atoms with E-state index in [-0.39, 0.29) is 5.69 Å². The second-order valence-electron chi connectivity index (χ2n) is 5.27. The Hall–Kier alpha value is -2.11. The standard InChI is InChI=1S/C14H17N3O3/c18-17(19)11-6-3-7-12-13(11)16-14(20-12)15-9-8-10-4-1-2-5-10/h3,6-7,10H,1-2,4-5,8-9H2,(H,15,16). The first-order valence-corrected chi connectivity index (χ1v) is 7.02. The molecule has 1 aliphatic carbocycles. The Balaban J connectivity index is 1.69. The van der Waals surface area contributed by atoms with E-state index in [4.69, 9.17) is 4.42 Å². The third-order valence-corrected chi connectivity index (χ3v) is 3.90.